The van der Waals surface area contributed by atoms with Crippen LogP contribution in [0.25, 0.3) is 0 Å². The molecule has 8 heteroatoms. The van der Waals surface area contributed by atoms with Gasteiger partial charge in [-0.1, -0.05) is 0 Å². The van der Waals surface area contributed by atoms with Gasteiger partial charge in [-0.05, 0) is 49.1 Å². The third kappa shape index (κ3) is 4.26. The van der Waals surface area contributed by atoms with Gasteiger partial charge in [0, 0.05) is 44.6 Å². The Morgan fingerprint density at radius 1 is 1.24 bits per heavy atom. The zero-order valence-electron chi connectivity index (χ0n) is 14.1. The molecule has 1 fully saturated rings. The van der Waals surface area contributed by atoms with Gasteiger partial charge in [0.05, 0.1) is 4.90 Å². The smallest absolute Gasteiger partial charge is 0.243 e. The normalized spacial score (nSPS) is 16.7. The largest absolute Gasteiger partial charge is 0.326 e. The summed E-state index contributed by atoms with van der Waals surface area (Å²) in [4.78, 5) is 11.3. The Labute approximate surface area is 147 Å². The molecule has 0 spiro atoms. The first-order valence-electron chi connectivity index (χ1n) is 8.30. The zero-order valence-corrected chi connectivity index (χ0v) is 14.9. The van der Waals surface area contributed by atoms with Crippen LogP contribution in [0, 0.1) is 5.92 Å². The van der Waals surface area contributed by atoms with Gasteiger partial charge in [0.25, 0.3) is 0 Å². The molecule has 0 aliphatic carbocycles. The Kier molecular flexibility index (Phi) is 5.19. The van der Waals surface area contributed by atoms with E-state index in [9.17, 15) is 13.2 Å². The van der Waals surface area contributed by atoms with Gasteiger partial charge >= 0.3 is 0 Å². The fourth-order valence-corrected chi connectivity index (χ4v) is 4.54. The van der Waals surface area contributed by atoms with Gasteiger partial charge in [-0.2, -0.15) is 9.40 Å². The second-order valence-electron chi connectivity index (χ2n) is 6.28. The highest BCUT2D eigenvalue weighted by molar-refractivity contribution is 7.89. The summed E-state index contributed by atoms with van der Waals surface area (Å²) in [6.45, 7) is 3.27. The quantitative estimate of drug-likeness (QED) is 0.881. The summed E-state index contributed by atoms with van der Waals surface area (Å²) in [6, 6.07) is 8.19. The SMILES string of the molecule is CC(=O)Nc1ccc(S(=O)(=O)N2CCC(Cn3cccn3)CC2)cc1. The Bertz CT molecular complexity index is 808. The summed E-state index contributed by atoms with van der Waals surface area (Å²) in [5.41, 5.74) is 0.587. The predicted molar refractivity (Wildman–Crippen MR) is 94.5 cm³/mol. The van der Waals surface area contributed by atoms with Crippen LogP contribution >= 0.6 is 0 Å². The number of aromatic nitrogens is 2. The maximum atomic E-state index is 12.8. The molecule has 25 heavy (non-hydrogen) atoms. The van der Waals surface area contributed by atoms with E-state index in [2.05, 4.69) is 10.4 Å². The van der Waals surface area contributed by atoms with Crippen molar-refractivity contribution in [1.82, 2.24) is 14.1 Å². The Hall–Kier alpha value is -2.19. The van der Waals surface area contributed by atoms with E-state index >= 15 is 0 Å². The lowest BCUT2D eigenvalue weighted by molar-refractivity contribution is -0.114. The maximum absolute atomic E-state index is 12.8. The molecule has 2 heterocycles. The molecule has 1 aromatic carbocycles. The molecule has 1 aliphatic rings. The van der Waals surface area contributed by atoms with E-state index in [4.69, 9.17) is 0 Å². The van der Waals surface area contributed by atoms with Gasteiger partial charge in [-0.25, -0.2) is 8.42 Å². The van der Waals surface area contributed by atoms with E-state index in [1.807, 2.05) is 16.9 Å². The van der Waals surface area contributed by atoms with Crippen molar-refractivity contribution in [3.05, 3.63) is 42.7 Å². The van der Waals surface area contributed by atoms with Gasteiger partial charge in [-0.15, -0.1) is 0 Å². The van der Waals surface area contributed by atoms with Crippen LogP contribution in [-0.4, -0.2) is 41.5 Å². The number of nitrogens with one attached hydrogen (secondary N) is 1. The first-order chi connectivity index (χ1) is 11.9. The molecular weight excluding hydrogens is 340 g/mol. The molecule has 1 saturated heterocycles. The molecule has 134 valence electrons. The molecular formula is C17H22N4O3S. The van der Waals surface area contributed by atoms with Crippen LogP contribution < -0.4 is 5.32 Å². The summed E-state index contributed by atoms with van der Waals surface area (Å²) in [7, 11) is -3.49. The van der Waals surface area contributed by atoms with Gasteiger partial charge in [0.2, 0.25) is 15.9 Å². The minimum Gasteiger partial charge on any atom is -0.326 e. The number of carbonyl (C=O) groups is 1. The summed E-state index contributed by atoms with van der Waals surface area (Å²) in [5.74, 6) is 0.253. The van der Waals surface area contributed by atoms with Crippen molar-refractivity contribution in [3.8, 4) is 0 Å². The number of piperidine rings is 1. The van der Waals surface area contributed by atoms with Crippen LogP contribution in [0.4, 0.5) is 5.69 Å². The molecule has 0 bridgehead atoms. The van der Waals surface area contributed by atoms with Gasteiger partial charge < -0.3 is 5.32 Å². The summed E-state index contributed by atoms with van der Waals surface area (Å²) in [5, 5.41) is 6.84. The first-order valence-corrected chi connectivity index (χ1v) is 9.74. The number of amides is 1. The van der Waals surface area contributed by atoms with E-state index in [-0.39, 0.29) is 10.8 Å². The van der Waals surface area contributed by atoms with Crippen LogP contribution in [0.2, 0.25) is 0 Å². The number of anilines is 1. The van der Waals surface area contributed by atoms with Gasteiger partial charge in [0.1, 0.15) is 0 Å². The molecule has 1 aliphatic heterocycles. The number of hydrogen-bond acceptors (Lipinski definition) is 4. The summed E-state index contributed by atoms with van der Waals surface area (Å²) >= 11 is 0. The highest BCUT2D eigenvalue weighted by Gasteiger charge is 2.29. The van der Waals surface area contributed by atoms with Crippen molar-refractivity contribution in [2.45, 2.75) is 31.2 Å². The molecule has 1 aromatic heterocycles. The summed E-state index contributed by atoms with van der Waals surface area (Å²) in [6.07, 6.45) is 5.33. The number of rotatable bonds is 5. The predicted octanol–water partition coefficient (Wildman–Crippen LogP) is 1.94. The van der Waals surface area contributed by atoms with Crippen molar-refractivity contribution in [2.75, 3.05) is 18.4 Å². The Morgan fingerprint density at radius 2 is 1.92 bits per heavy atom. The lowest BCUT2D eigenvalue weighted by atomic mass is 9.98. The molecule has 3 rings (SSSR count). The molecule has 0 saturated carbocycles. The average molecular weight is 362 g/mol. The zero-order chi connectivity index (χ0) is 17.9. The van der Waals surface area contributed by atoms with Crippen LogP contribution in [0.1, 0.15) is 19.8 Å². The number of hydrogen-bond donors (Lipinski definition) is 1. The summed E-state index contributed by atoms with van der Waals surface area (Å²) < 4.78 is 29.0. The topological polar surface area (TPSA) is 84.3 Å². The highest BCUT2D eigenvalue weighted by Crippen LogP contribution is 2.25. The monoisotopic (exact) mass is 362 g/mol. The van der Waals surface area contributed by atoms with Crippen molar-refractivity contribution in [3.63, 3.8) is 0 Å². The van der Waals surface area contributed by atoms with E-state index in [1.165, 1.54) is 19.1 Å². The molecule has 2 aromatic rings. The Morgan fingerprint density at radius 3 is 2.48 bits per heavy atom. The molecule has 0 radical (unpaired) electrons. The third-order valence-electron chi connectivity index (χ3n) is 4.39. The van der Waals surface area contributed by atoms with Crippen LogP contribution in [0.3, 0.4) is 0 Å². The van der Waals surface area contributed by atoms with Crippen LogP contribution in [0.5, 0.6) is 0 Å². The van der Waals surface area contributed by atoms with E-state index in [1.54, 1.807) is 22.6 Å². The lowest BCUT2D eigenvalue weighted by Crippen LogP contribution is -2.39. The molecule has 0 unspecified atom stereocenters. The fourth-order valence-electron chi connectivity index (χ4n) is 3.07. The van der Waals surface area contributed by atoms with Gasteiger partial charge in [0.15, 0.2) is 0 Å². The maximum Gasteiger partial charge on any atom is 0.243 e. The van der Waals surface area contributed by atoms with Crippen LogP contribution in [0.15, 0.2) is 47.6 Å². The number of sulfonamides is 1. The first kappa shape index (κ1) is 17.6. The molecule has 1 N–H and O–H groups in total. The average Bonchev–Trinajstić information content (AvgIpc) is 3.08. The minimum atomic E-state index is -3.49. The van der Waals surface area contributed by atoms with E-state index in [0.29, 0.717) is 24.7 Å². The lowest BCUT2D eigenvalue weighted by Gasteiger charge is -2.31. The minimum absolute atomic E-state index is 0.185. The van der Waals surface area contributed by atoms with Crippen molar-refractivity contribution < 1.29 is 13.2 Å². The van der Waals surface area contributed by atoms with Gasteiger partial charge in [-0.3, -0.25) is 9.48 Å². The molecule has 0 atom stereocenters. The van der Waals surface area contributed by atoms with Crippen LogP contribution in [-0.2, 0) is 21.4 Å². The van der Waals surface area contributed by atoms with E-state index < -0.39 is 10.0 Å². The van der Waals surface area contributed by atoms with Crippen molar-refractivity contribution >= 4 is 21.6 Å². The Balaban J connectivity index is 1.62. The molecule has 1 amide bonds. The second kappa shape index (κ2) is 7.37. The van der Waals surface area contributed by atoms with E-state index in [0.717, 1.165) is 19.4 Å². The third-order valence-corrected chi connectivity index (χ3v) is 6.30. The number of benzene rings is 1. The van der Waals surface area contributed by atoms with Crippen molar-refractivity contribution in [1.29, 1.82) is 0 Å². The number of carbonyl (C=O) groups excluding carboxylic acids is 1. The number of nitrogens with zero attached hydrogens (tertiary/aromatic N) is 3. The highest BCUT2D eigenvalue weighted by atomic mass is 32.2. The molecule has 7 nitrogen and oxygen atoms in total. The second-order valence-corrected chi connectivity index (χ2v) is 8.22. The standard InChI is InChI=1S/C17H22N4O3S/c1-14(22)19-16-3-5-17(6-4-16)25(23,24)21-11-7-15(8-12-21)13-20-10-2-9-18-20/h2-6,9-10,15H,7-8,11-13H2,1H3,(H,19,22). The van der Waals surface area contributed by atoms with Crippen molar-refractivity contribution in [2.24, 2.45) is 5.92 Å². The fraction of sp³-hybridized carbons (Fsp3) is 0.412.